The molecule has 1 aromatic rings. The SMILES string of the molecule is CC(N)Cc1cc(F)ccc1N(C)C(C)C(C)C. The zero-order chi connectivity index (χ0) is 13.9. The van der Waals surface area contributed by atoms with Gasteiger partial charge in [-0.25, -0.2) is 4.39 Å². The van der Waals surface area contributed by atoms with Crippen LogP contribution in [0.15, 0.2) is 18.2 Å². The van der Waals surface area contributed by atoms with E-state index in [-0.39, 0.29) is 11.9 Å². The number of benzene rings is 1. The Kier molecular flexibility index (Phi) is 5.15. The van der Waals surface area contributed by atoms with Gasteiger partial charge in [-0.3, -0.25) is 0 Å². The van der Waals surface area contributed by atoms with Crippen LogP contribution in [0, 0.1) is 11.7 Å². The van der Waals surface area contributed by atoms with Gasteiger partial charge in [-0.2, -0.15) is 0 Å². The molecule has 18 heavy (non-hydrogen) atoms. The van der Waals surface area contributed by atoms with Gasteiger partial charge in [0.2, 0.25) is 0 Å². The van der Waals surface area contributed by atoms with Gasteiger partial charge in [-0.15, -0.1) is 0 Å². The smallest absolute Gasteiger partial charge is 0.123 e. The lowest BCUT2D eigenvalue weighted by Gasteiger charge is -2.32. The molecule has 0 saturated carbocycles. The second-order valence-electron chi connectivity index (χ2n) is 5.55. The largest absolute Gasteiger partial charge is 0.371 e. The Hall–Kier alpha value is -1.09. The third kappa shape index (κ3) is 3.70. The summed E-state index contributed by atoms with van der Waals surface area (Å²) in [5.74, 6) is 0.350. The lowest BCUT2D eigenvalue weighted by atomic mass is 10.0. The fourth-order valence-electron chi connectivity index (χ4n) is 2.08. The topological polar surface area (TPSA) is 29.3 Å². The van der Waals surface area contributed by atoms with Crippen molar-refractivity contribution in [3.8, 4) is 0 Å². The van der Waals surface area contributed by atoms with Crippen LogP contribution in [0.2, 0.25) is 0 Å². The lowest BCUT2D eigenvalue weighted by Crippen LogP contribution is -2.34. The average molecular weight is 252 g/mol. The van der Waals surface area contributed by atoms with Gasteiger partial charge >= 0.3 is 0 Å². The Morgan fingerprint density at radius 1 is 1.22 bits per heavy atom. The summed E-state index contributed by atoms with van der Waals surface area (Å²) in [4.78, 5) is 2.21. The van der Waals surface area contributed by atoms with Crippen molar-refractivity contribution in [2.24, 2.45) is 11.7 Å². The third-order valence-electron chi connectivity index (χ3n) is 3.54. The quantitative estimate of drug-likeness (QED) is 0.872. The Balaban J connectivity index is 3.06. The van der Waals surface area contributed by atoms with Crippen LogP contribution in [0.5, 0.6) is 0 Å². The van der Waals surface area contributed by atoms with Gasteiger partial charge < -0.3 is 10.6 Å². The molecule has 0 aliphatic rings. The molecule has 0 heterocycles. The molecule has 1 aromatic carbocycles. The first kappa shape index (κ1) is 15.0. The van der Waals surface area contributed by atoms with E-state index in [9.17, 15) is 4.39 Å². The summed E-state index contributed by atoms with van der Waals surface area (Å²) in [7, 11) is 2.06. The molecular formula is C15H25FN2. The Morgan fingerprint density at radius 2 is 1.83 bits per heavy atom. The molecule has 1 rings (SSSR count). The van der Waals surface area contributed by atoms with Crippen molar-refractivity contribution in [2.75, 3.05) is 11.9 Å². The zero-order valence-corrected chi connectivity index (χ0v) is 12.1. The van der Waals surface area contributed by atoms with Crippen LogP contribution in [0.1, 0.15) is 33.3 Å². The summed E-state index contributed by atoms with van der Waals surface area (Å²) < 4.78 is 13.4. The molecule has 0 aliphatic heterocycles. The van der Waals surface area contributed by atoms with Gasteiger partial charge in [-0.1, -0.05) is 13.8 Å². The van der Waals surface area contributed by atoms with Gasteiger partial charge in [0.25, 0.3) is 0 Å². The molecule has 0 saturated heterocycles. The summed E-state index contributed by atoms with van der Waals surface area (Å²) in [6, 6.07) is 5.41. The van der Waals surface area contributed by atoms with E-state index in [1.54, 1.807) is 6.07 Å². The molecule has 0 aliphatic carbocycles. The van der Waals surface area contributed by atoms with Crippen LogP contribution in [0.4, 0.5) is 10.1 Å². The number of rotatable bonds is 5. The highest BCUT2D eigenvalue weighted by Crippen LogP contribution is 2.25. The fraction of sp³-hybridized carbons (Fsp3) is 0.600. The van der Waals surface area contributed by atoms with Crippen LogP contribution in [-0.2, 0) is 6.42 Å². The molecule has 0 bridgehead atoms. The third-order valence-corrected chi connectivity index (χ3v) is 3.54. The van der Waals surface area contributed by atoms with Gasteiger partial charge in [0.15, 0.2) is 0 Å². The summed E-state index contributed by atoms with van der Waals surface area (Å²) in [5, 5.41) is 0. The Labute approximate surface area is 110 Å². The highest BCUT2D eigenvalue weighted by molar-refractivity contribution is 5.54. The maximum absolute atomic E-state index is 13.4. The van der Waals surface area contributed by atoms with Gasteiger partial charge in [0, 0.05) is 24.8 Å². The van der Waals surface area contributed by atoms with Crippen molar-refractivity contribution in [1.29, 1.82) is 0 Å². The molecule has 0 aromatic heterocycles. The normalized spacial score (nSPS) is 14.7. The van der Waals surface area contributed by atoms with Gasteiger partial charge in [0.1, 0.15) is 5.82 Å². The minimum Gasteiger partial charge on any atom is -0.371 e. The maximum Gasteiger partial charge on any atom is 0.123 e. The molecule has 0 spiro atoms. The van der Waals surface area contributed by atoms with Crippen molar-refractivity contribution in [3.05, 3.63) is 29.6 Å². The van der Waals surface area contributed by atoms with Crippen LogP contribution in [0.3, 0.4) is 0 Å². The number of hydrogen-bond donors (Lipinski definition) is 1. The molecule has 0 amide bonds. The first-order valence-corrected chi connectivity index (χ1v) is 6.59. The summed E-state index contributed by atoms with van der Waals surface area (Å²) in [5.41, 5.74) is 7.90. The minimum atomic E-state index is -0.194. The van der Waals surface area contributed by atoms with Crippen LogP contribution < -0.4 is 10.6 Å². The number of halogens is 1. The first-order valence-electron chi connectivity index (χ1n) is 6.59. The van der Waals surface area contributed by atoms with E-state index in [0.29, 0.717) is 18.4 Å². The van der Waals surface area contributed by atoms with E-state index < -0.39 is 0 Å². The van der Waals surface area contributed by atoms with Crippen LogP contribution in [-0.4, -0.2) is 19.1 Å². The van der Waals surface area contributed by atoms with E-state index in [2.05, 4.69) is 32.7 Å². The van der Waals surface area contributed by atoms with E-state index in [4.69, 9.17) is 5.73 Å². The molecular weight excluding hydrogens is 227 g/mol. The maximum atomic E-state index is 13.4. The van der Waals surface area contributed by atoms with E-state index in [1.807, 2.05) is 13.0 Å². The van der Waals surface area contributed by atoms with Crippen molar-refractivity contribution in [3.63, 3.8) is 0 Å². The molecule has 3 heteroatoms. The lowest BCUT2D eigenvalue weighted by molar-refractivity contribution is 0.504. The number of nitrogens with zero attached hydrogens (tertiary/aromatic N) is 1. The highest BCUT2D eigenvalue weighted by atomic mass is 19.1. The standard InChI is InChI=1S/C15H25FN2/c1-10(2)12(4)18(5)15-7-6-14(16)9-13(15)8-11(3)17/h6-7,9-12H,8,17H2,1-5H3. The Bertz CT molecular complexity index is 388. The van der Waals surface area contributed by atoms with Crippen molar-refractivity contribution in [2.45, 2.75) is 46.2 Å². The molecule has 2 atom stereocenters. The van der Waals surface area contributed by atoms with Crippen LogP contribution >= 0.6 is 0 Å². The van der Waals surface area contributed by atoms with Crippen molar-refractivity contribution in [1.82, 2.24) is 0 Å². The summed E-state index contributed by atoms with van der Waals surface area (Å²) in [6.07, 6.45) is 0.697. The predicted molar refractivity (Wildman–Crippen MR) is 76.5 cm³/mol. The predicted octanol–water partition coefficient (Wildman–Crippen LogP) is 3.20. The van der Waals surface area contributed by atoms with Gasteiger partial charge in [-0.05, 0) is 49.9 Å². The van der Waals surface area contributed by atoms with Crippen molar-refractivity contribution >= 4 is 5.69 Å². The van der Waals surface area contributed by atoms with E-state index >= 15 is 0 Å². The van der Waals surface area contributed by atoms with Crippen molar-refractivity contribution < 1.29 is 4.39 Å². The molecule has 2 N–H and O–H groups in total. The monoisotopic (exact) mass is 252 g/mol. The Morgan fingerprint density at radius 3 is 2.33 bits per heavy atom. The minimum absolute atomic E-state index is 0.0355. The molecule has 0 radical (unpaired) electrons. The second-order valence-corrected chi connectivity index (χ2v) is 5.55. The first-order chi connectivity index (χ1) is 8.32. The summed E-state index contributed by atoms with van der Waals surface area (Å²) >= 11 is 0. The van der Waals surface area contributed by atoms with Gasteiger partial charge in [0.05, 0.1) is 0 Å². The second kappa shape index (κ2) is 6.19. The van der Waals surface area contributed by atoms with E-state index in [1.165, 1.54) is 6.07 Å². The molecule has 2 nitrogen and oxygen atoms in total. The molecule has 102 valence electrons. The fourth-order valence-corrected chi connectivity index (χ4v) is 2.08. The number of anilines is 1. The van der Waals surface area contributed by atoms with E-state index in [0.717, 1.165) is 11.3 Å². The number of nitrogens with two attached hydrogens (primary N) is 1. The highest BCUT2D eigenvalue weighted by Gasteiger charge is 2.17. The van der Waals surface area contributed by atoms with Crippen LogP contribution in [0.25, 0.3) is 0 Å². The molecule has 2 unspecified atom stereocenters. The summed E-state index contributed by atoms with van der Waals surface area (Å²) in [6.45, 7) is 8.51. The number of hydrogen-bond acceptors (Lipinski definition) is 2. The molecule has 0 fully saturated rings. The zero-order valence-electron chi connectivity index (χ0n) is 12.1. The average Bonchev–Trinajstić information content (AvgIpc) is 2.26.